The van der Waals surface area contributed by atoms with Crippen molar-refractivity contribution < 1.29 is 9.47 Å². The molecule has 3 aromatic rings. The zero-order valence-electron chi connectivity index (χ0n) is 16.8. The number of hydrogen-bond donors (Lipinski definition) is 1. The molecule has 1 fully saturated rings. The van der Waals surface area contributed by atoms with Crippen LogP contribution < -0.4 is 20.3 Å². The van der Waals surface area contributed by atoms with Crippen LogP contribution in [0.15, 0.2) is 40.4 Å². The zero-order valence-corrected chi connectivity index (χ0v) is 17.6. The summed E-state index contributed by atoms with van der Waals surface area (Å²) >= 11 is 1.47. The summed E-state index contributed by atoms with van der Waals surface area (Å²) in [5.74, 6) is 1.68. The van der Waals surface area contributed by atoms with Gasteiger partial charge in [0.2, 0.25) is 0 Å². The van der Waals surface area contributed by atoms with Crippen LogP contribution in [0.25, 0.3) is 22.2 Å². The molecule has 4 rings (SSSR count). The lowest BCUT2D eigenvalue weighted by Gasteiger charge is -2.16. The molecule has 1 N–H and O–H groups in total. The summed E-state index contributed by atoms with van der Waals surface area (Å²) in [4.78, 5) is 22.6. The smallest absolute Gasteiger partial charge is 0.260 e. The van der Waals surface area contributed by atoms with Gasteiger partial charge in [0, 0.05) is 29.8 Å². The summed E-state index contributed by atoms with van der Waals surface area (Å²) in [6.07, 6.45) is 4.77. The van der Waals surface area contributed by atoms with E-state index in [1.54, 1.807) is 31.0 Å². The van der Waals surface area contributed by atoms with E-state index >= 15 is 0 Å². The van der Waals surface area contributed by atoms with E-state index in [0.29, 0.717) is 40.3 Å². The Kier molecular flexibility index (Phi) is 5.73. The number of thioether (sulfide) groups is 1. The third-order valence-electron chi connectivity index (χ3n) is 5.25. The molecule has 0 saturated carbocycles. The molecule has 2 aromatic heterocycles. The first-order valence-electron chi connectivity index (χ1n) is 9.51. The van der Waals surface area contributed by atoms with Gasteiger partial charge in [0.1, 0.15) is 17.1 Å². The molecule has 7 nitrogen and oxygen atoms in total. The number of aromatic nitrogens is 3. The standard InChI is InChI=1S/C21H24N4O3S/c1-27-16-6-14(7-17(9-16)28-2)18-8-15-11-23-21(29-3)24-19(15)25(20(18)26)12-13-4-5-22-10-13/h6-9,11,13,22H,4-5,10,12H2,1-3H3. The lowest BCUT2D eigenvalue weighted by molar-refractivity contribution is 0.394. The quantitative estimate of drug-likeness (QED) is 0.493. The Labute approximate surface area is 173 Å². The molecule has 0 radical (unpaired) electrons. The van der Waals surface area contributed by atoms with E-state index in [1.807, 2.05) is 24.5 Å². The summed E-state index contributed by atoms with van der Waals surface area (Å²) in [6, 6.07) is 7.36. The molecule has 1 saturated heterocycles. The van der Waals surface area contributed by atoms with Crippen LogP contribution in [0, 0.1) is 5.92 Å². The van der Waals surface area contributed by atoms with Gasteiger partial charge in [-0.1, -0.05) is 11.8 Å². The third-order valence-corrected chi connectivity index (χ3v) is 5.81. The molecular weight excluding hydrogens is 388 g/mol. The highest BCUT2D eigenvalue weighted by molar-refractivity contribution is 7.98. The van der Waals surface area contributed by atoms with Gasteiger partial charge in [-0.25, -0.2) is 9.97 Å². The Bertz CT molecular complexity index is 1070. The molecule has 3 heterocycles. The van der Waals surface area contributed by atoms with Crippen molar-refractivity contribution in [2.45, 2.75) is 18.1 Å². The molecule has 1 aromatic carbocycles. The van der Waals surface area contributed by atoms with Crippen molar-refractivity contribution in [3.63, 3.8) is 0 Å². The van der Waals surface area contributed by atoms with E-state index < -0.39 is 0 Å². The molecule has 1 aliphatic heterocycles. The van der Waals surface area contributed by atoms with Crippen LogP contribution in [0.4, 0.5) is 0 Å². The molecule has 1 atom stereocenters. The van der Waals surface area contributed by atoms with E-state index in [1.165, 1.54) is 11.8 Å². The van der Waals surface area contributed by atoms with Crippen LogP contribution >= 0.6 is 11.8 Å². The fourth-order valence-electron chi connectivity index (χ4n) is 3.71. The number of ether oxygens (including phenoxy) is 2. The number of methoxy groups -OCH3 is 2. The molecule has 0 bridgehead atoms. The molecule has 29 heavy (non-hydrogen) atoms. The number of pyridine rings is 1. The van der Waals surface area contributed by atoms with Crippen LogP contribution in [0.3, 0.4) is 0 Å². The lowest BCUT2D eigenvalue weighted by atomic mass is 10.0. The highest BCUT2D eigenvalue weighted by atomic mass is 32.2. The molecule has 1 unspecified atom stereocenters. The average Bonchev–Trinajstić information content (AvgIpc) is 3.28. The summed E-state index contributed by atoms with van der Waals surface area (Å²) in [6.45, 7) is 2.52. The number of benzene rings is 1. The molecule has 0 spiro atoms. The summed E-state index contributed by atoms with van der Waals surface area (Å²) in [7, 11) is 3.20. The minimum absolute atomic E-state index is 0.0644. The summed E-state index contributed by atoms with van der Waals surface area (Å²) < 4.78 is 12.6. The summed E-state index contributed by atoms with van der Waals surface area (Å²) in [5.41, 5.74) is 1.95. The van der Waals surface area contributed by atoms with E-state index in [-0.39, 0.29) is 5.56 Å². The Morgan fingerprint density at radius 3 is 2.59 bits per heavy atom. The van der Waals surface area contributed by atoms with Crippen LogP contribution in [-0.2, 0) is 6.54 Å². The minimum Gasteiger partial charge on any atom is -0.497 e. The minimum atomic E-state index is -0.0644. The topological polar surface area (TPSA) is 78.3 Å². The fraction of sp³-hybridized carbons (Fsp3) is 0.381. The van der Waals surface area contributed by atoms with Crippen molar-refractivity contribution in [3.05, 3.63) is 40.8 Å². The average molecular weight is 413 g/mol. The molecule has 0 aliphatic carbocycles. The SMILES string of the molecule is COc1cc(OC)cc(-c2cc3cnc(SC)nc3n(CC3CCNC3)c2=O)c1. The van der Waals surface area contributed by atoms with Gasteiger partial charge in [-0.2, -0.15) is 0 Å². The second-order valence-corrected chi connectivity index (χ2v) is 7.84. The highest BCUT2D eigenvalue weighted by Gasteiger charge is 2.20. The van der Waals surface area contributed by atoms with Crippen LogP contribution in [0.1, 0.15) is 6.42 Å². The zero-order chi connectivity index (χ0) is 20.4. The first-order valence-corrected chi connectivity index (χ1v) is 10.7. The van der Waals surface area contributed by atoms with Gasteiger partial charge < -0.3 is 14.8 Å². The van der Waals surface area contributed by atoms with Crippen molar-refractivity contribution in [1.82, 2.24) is 19.9 Å². The number of hydrogen-bond acceptors (Lipinski definition) is 7. The molecule has 1 aliphatic rings. The van der Waals surface area contributed by atoms with Crippen molar-refractivity contribution in [2.75, 3.05) is 33.6 Å². The van der Waals surface area contributed by atoms with Gasteiger partial charge >= 0.3 is 0 Å². The maximum atomic E-state index is 13.6. The van der Waals surface area contributed by atoms with E-state index in [9.17, 15) is 4.79 Å². The van der Waals surface area contributed by atoms with Crippen LogP contribution in [0.2, 0.25) is 0 Å². The maximum Gasteiger partial charge on any atom is 0.260 e. The third kappa shape index (κ3) is 3.95. The van der Waals surface area contributed by atoms with Gasteiger partial charge in [-0.3, -0.25) is 9.36 Å². The summed E-state index contributed by atoms with van der Waals surface area (Å²) in [5, 5.41) is 4.87. The first-order chi connectivity index (χ1) is 14.1. The van der Waals surface area contributed by atoms with Gasteiger partial charge in [-0.15, -0.1) is 0 Å². The molecule has 8 heteroatoms. The fourth-order valence-corrected chi connectivity index (χ4v) is 4.05. The molecular formula is C21H24N4O3S. The van der Waals surface area contributed by atoms with Crippen molar-refractivity contribution in [2.24, 2.45) is 5.92 Å². The van der Waals surface area contributed by atoms with Gasteiger partial charge in [0.15, 0.2) is 5.16 Å². The largest absolute Gasteiger partial charge is 0.497 e. The van der Waals surface area contributed by atoms with E-state index in [2.05, 4.69) is 15.3 Å². The number of nitrogens with one attached hydrogen (secondary N) is 1. The monoisotopic (exact) mass is 412 g/mol. The van der Waals surface area contributed by atoms with Crippen LogP contribution in [-0.4, -0.2) is 48.1 Å². The molecule has 152 valence electrons. The first kappa shape index (κ1) is 19.7. The van der Waals surface area contributed by atoms with Crippen LogP contribution in [0.5, 0.6) is 11.5 Å². The van der Waals surface area contributed by atoms with Gasteiger partial charge in [-0.05, 0) is 55.4 Å². The van der Waals surface area contributed by atoms with E-state index in [0.717, 1.165) is 30.5 Å². The Hall–Kier alpha value is -2.58. The predicted molar refractivity (Wildman–Crippen MR) is 115 cm³/mol. The number of fused-ring (bicyclic) bond motifs is 1. The number of nitrogens with zero attached hydrogens (tertiary/aromatic N) is 3. The van der Waals surface area contributed by atoms with Crippen molar-refractivity contribution >= 4 is 22.8 Å². The number of rotatable bonds is 6. The van der Waals surface area contributed by atoms with Crippen molar-refractivity contribution in [3.8, 4) is 22.6 Å². The van der Waals surface area contributed by atoms with Crippen molar-refractivity contribution in [1.29, 1.82) is 0 Å². The normalized spacial score (nSPS) is 16.3. The van der Waals surface area contributed by atoms with Gasteiger partial charge in [0.25, 0.3) is 5.56 Å². The van der Waals surface area contributed by atoms with E-state index in [4.69, 9.17) is 9.47 Å². The Balaban J connectivity index is 1.93. The highest BCUT2D eigenvalue weighted by Crippen LogP contribution is 2.30. The second kappa shape index (κ2) is 8.42. The Morgan fingerprint density at radius 1 is 1.21 bits per heavy atom. The second-order valence-electron chi connectivity index (χ2n) is 7.07. The lowest BCUT2D eigenvalue weighted by Crippen LogP contribution is -2.27. The predicted octanol–water partition coefficient (Wildman–Crippen LogP) is 2.81. The Morgan fingerprint density at radius 2 is 1.97 bits per heavy atom. The van der Waals surface area contributed by atoms with Gasteiger partial charge in [0.05, 0.1) is 14.2 Å². The maximum absolute atomic E-state index is 13.6. The molecule has 0 amide bonds.